The van der Waals surface area contributed by atoms with Crippen molar-refractivity contribution in [3.05, 3.63) is 11.3 Å². The van der Waals surface area contributed by atoms with Gasteiger partial charge in [0.1, 0.15) is 29.5 Å². The zero-order chi connectivity index (χ0) is 28.0. The van der Waals surface area contributed by atoms with E-state index in [2.05, 4.69) is 54.5 Å². The maximum atomic E-state index is 10.2. The Kier molecular flexibility index (Phi) is 10.3. The van der Waals surface area contributed by atoms with Gasteiger partial charge in [-0.15, -0.1) is 0 Å². The van der Waals surface area contributed by atoms with Crippen LogP contribution in [0, 0.1) is 11.3 Å². The van der Waals surface area contributed by atoms with Crippen LogP contribution in [0.15, 0.2) is 0 Å². The Morgan fingerprint density at radius 1 is 1.05 bits per heavy atom. The number of aryl methyl sites for hydroxylation is 1. The number of aromatic nitrogens is 3. The summed E-state index contributed by atoms with van der Waals surface area (Å²) in [7, 11) is 1.03. The molecule has 4 heterocycles. The van der Waals surface area contributed by atoms with Crippen LogP contribution in [0.1, 0.15) is 63.1 Å². The number of likely N-dealkylation sites (tertiary alicyclic amines) is 1. The Morgan fingerprint density at radius 2 is 1.79 bits per heavy atom. The number of nitrogens with zero attached hydrogens (tertiary/aromatic N) is 6. The van der Waals surface area contributed by atoms with Crippen LogP contribution in [0.25, 0.3) is 11.0 Å². The topological polar surface area (TPSA) is 105 Å². The Hall–Kier alpha value is -2.19. The highest BCUT2D eigenvalue weighted by Crippen LogP contribution is 2.32. The van der Waals surface area contributed by atoms with E-state index in [1.54, 1.807) is 0 Å². The highest BCUT2D eigenvalue weighted by Gasteiger charge is 2.38. The maximum absolute atomic E-state index is 10.2. The Labute approximate surface area is 235 Å². The molecule has 0 radical (unpaired) electrons. The van der Waals surface area contributed by atoms with E-state index < -0.39 is 8.07 Å². The molecule has 39 heavy (non-hydrogen) atoms. The highest BCUT2D eigenvalue weighted by molar-refractivity contribution is 6.76. The van der Waals surface area contributed by atoms with Crippen LogP contribution in [0.2, 0.25) is 25.7 Å². The first kappa shape index (κ1) is 29.8. The van der Waals surface area contributed by atoms with Gasteiger partial charge in [-0.3, -0.25) is 4.90 Å². The molecule has 9 nitrogen and oxygen atoms in total. The number of fused-ring (bicyclic) bond motifs is 3. The Balaban J connectivity index is 1.47. The van der Waals surface area contributed by atoms with Crippen LogP contribution in [0.3, 0.4) is 0 Å². The largest absolute Gasteiger partial charge is 0.463 e. The van der Waals surface area contributed by atoms with E-state index in [4.69, 9.17) is 20.2 Å². The Bertz CT molecular complexity index is 1130. The van der Waals surface area contributed by atoms with Crippen molar-refractivity contribution in [2.24, 2.45) is 0 Å². The number of hydrogen-bond donors (Lipinski definition) is 1. The van der Waals surface area contributed by atoms with Gasteiger partial charge >= 0.3 is 6.01 Å². The van der Waals surface area contributed by atoms with Crippen molar-refractivity contribution in [1.29, 1.82) is 5.26 Å². The van der Waals surface area contributed by atoms with E-state index in [-0.39, 0.29) is 6.73 Å². The number of piperazine rings is 1. The van der Waals surface area contributed by atoms with Gasteiger partial charge in [0.15, 0.2) is 5.82 Å². The molecule has 2 aromatic rings. The summed E-state index contributed by atoms with van der Waals surface area (Å²) in [5.74, 6) is 0.341. The molecular formula is C29H49N7O2Si. The zero-order valence-electron chi connectivity index (χ0n) is 24.8. The molecule has 2 atom stereocenters. The normalized spacial score (nSPS) is 20.1. The van der Waals surface area contributed by atoms with Crippen molar-refractivity contribution >= 4 is 24.9 Å². The molecule has 2 aliphatic rings. The lowest BCUT2D eigenvalue weighted by molar-refractivity contribution is 0.0809. The molecule has 0 saturated carbocycles. The van der Waals surface area contributed by atoms with Crippen LogP contribution < -0.4 is 10.5 Å². The van der Waals surface area contributed by atoms with Gasteiger partial charge in [0.25, 0.3) is 0 Å². The third-order valence-corrected chi connectivity index (χ3v) is 9.92. The van der Waals surface area contributed by atoms with Crippen LogP contribution in [0.4, 0.5) is 5.82 Å². The summed E-state index contributed by atoms with van der Waals surface area (Å²) in [6.07, 6.45) is 8.72. The van der Waals surface area contributed by atoms with Gasteiger partial charge < -0.3 is 24.7 Å². The van der Waals surface area contributed by atoms with Gasteiger partial charge in [0, 0.05) is 45.4 Å². The second-order valence-corrected chi connectivity index (χ2v) is 18.3. The minimum atomic E-state index is -1.22. The van der Waals surface area contributed by atoms with Crippen molar-refractivity contribution < 1.29 is 9.47 Å². The summed E-state index contributed by atoms with van der Waals surface area (Å²) in [5.41, 5.74) is 9.40. The molecule has 0 aliphatic carbocycles. The molecule has 0 amide bonds. The first-order valence-corrected chi connectivity index (χ1v) is 18.7. The highest BCUT2D eigenvalue weighted by atomic mass is 28.3. The molecule has 2 bridgehead atoms. The molecule has 0 spiro atoms. The Morgan fingerprint density at radius 3 is 2.46 bits per heavy atom. The predicted octanol–water partition coefficient (Wildman–Crippen LogP) is 4.87. The van der Waals surface area contributed by atoms with Gasteiger partial charge in [-0.2, -0.15) is 15.2 Å². The SMILES string of the molecule is CCCCOc1nc(N)c2c(n1)c(CCCCCN1C3CCC1CN(C)C3)c(C#N)n2COCC[Si](C)(C)C. The number of likely N-dealkylation sites (N-methyl/N-ethyl adjacent to an activating group) is 1. The van der Waals surface area contributed by atoms with Crippen molar-refractivity contribution in [2.75, 3.05) is 45.6 Å². The van der Waals surface area contributed by atoms with Gasteiger partial charge in [0.2, 0.25) is 0 Å². The molecule has 2 unspecified atom stereocenters. The second-order valence-electron chi connectivity index (χ2n) is 12.7. The number of unbranched alkanes of at least 4 members (excludes halogenated alkanes) is 3. The van der Waals surface area contributed by atoms with Crippen LogP contribution in [0.5, 0.6) is 6.01 Å². The third kappa shape index (κ3) is 7.51. The maximum Gasteiger partial charge on any atom is 0.319 e. The lowest BCUT2D eigenvalue weighted by Crippen LogP contribution is -2.52. The third-order valence-electron chi connectivity index (χ3n) is 8.21. The summed E-state index contributed by atoms with van der Waals surface area (Å²) in [4.78, 5) is 14.4. The lowest BCUT2D eigenvalue weighted by Gasteiger charge is -2.39. The molecule has 216 valence electrons. The van der Waals surface area contributed by atoms with Crippen LogP contribution in [-0.4, -0.2) is 84.4 Å². The number of anilines is 1. The van der Waals surface area contributed by atoms with E-state index in [1.165, 1.54) is 38.9 Å². The first-order chi connectivity index (χ1) is 18.7. The molecule has 0 aromatic carbocycles. The summed E-state index contributed by atoms with van der Waals surface area (Å²) in [5, 5.41) is 10.2. The van der Waals surface area contributed by atoms with E-state index >= 15 is 0 Å². The van der Waals surface area contributed by atoms with Crippen molar-refractivity contribution in [3.8, 4) is 12.1 Å². The van der Waals surface area contributed by atoms with Gasteiger partial charge in [-0.05, 0) is 58.2 Å². The number of nitrogens with two attached hydrogens (primary N) is 1. The number of hydrogen-bond acceptors (Lipinski definition) is 8. The fourth-order valence-electron chi connectivity index (χ4n) is 6.05. The molecule has 10 heteroatoms. The average Bonchev–Trinajstić information content (AvgIpc) is 3.31. The number of nitriles is 1. The number of rotatable bonds is 15. The number of ether oxygens (including phenoxy) is 2. The van der Waals surface area contributed by atoms with Gasteiger partial charge in [-0.1, -0.05) is 39.4 Å². The van der Waals surface area contributed by atoms with Gasteiger partial charge in [0.05, 0.1) is 6.61 Å². The molecule has 4 rings (SSSR count). The summed E-state index contributed by atoms with van der Waals surface area (Å²) in [6, 6.07) is 5.25. The summed E-state index contributed by atoms with van der Waals surface area (Å²) >= 11 is 0. The monoisotopic (exact) mass is 555 g/mol. The number of nitrogen functional groups attached to an aromatic ring is 1. The molecular weight excluding hydrogens is 506 g/mol. The first-order valence-electron chi connectivity index (χ1n) is 14.9. The van der Waals surface area contributed by atoms with Crippen molar-refractivity contribution in [2.45, 2.75) is 103 Å². The minimum absolute atomic E-state index is 0.277. The van der Waals surface area contributed by atoms with E-state index in [1.807, 2.05) is 4.57 Å². The minimum Gasteiger partial charge on any atom is -0.463 e. The quantitative estimate of drug-likeness (QED) is 0.245. The summed E-state index contributed by atoms with van der Waals surface area (Å²) < 4.78 is 13.8. The fraction of sp³-hybridized carbons (Fsp3) is 0.759. The van der Waals surface area contributed by atoms with Crippen molar-refractivity contribution in [1.82, 2.24) is 24.3 Å². The molecule has 2 N–H and O–H groups in total. The smallest absolute Gasteiger partial charge is 0.319 e. The van der Waals surface area contributed by atoms with Crippen LogP contribution in [-0.2, 0) is 17.9 Å². The molecule has 2 aliphatic heterocycles. The van der Waals surface area contributed by atoms with E-state index in [0.29, 0.717) is 36.3 Å². The predicted molar refractivity (Wildman–Crippen MR) is 160 cm³/mol. The second kappa shape index (κ2) is 13.4. The molecule has 2 saturated heterocycles. The standard InChI is InChI=1S/C29H49N7O2Si/c1-6-7-15-38-29-32-26-24(11-9-8-10-14-35-22-12-13-23(35)20-34(2)19-22)25(18-30)36(27(26)28(31)33-29)21-37-16-17-39(3,4)5/h22-23H,6-17,19-21H2,1-5H3,(H2,31,32,33). The zero-order valence-corrected chi connectivity index (χ0v) is 25.8. The lowest BCUT2D eigenvalue weighted by atomic mass is 10.1. The molecule has 2 aromatic heterocycles. The molecule has 2 fully saturated rings. The average molecular weight is 556 g/mol. The fourth-order valence-corrected chi connectivity index (χ4v) is 6.81. The van der Waals surface area contributed by atoms with Crippen molar-refractivity contribution in [3.63, 3.8) is 0 Å². The van der Waals surface area contributed by atoms with Gasteiger partial charge in [-0.25, -0.2) is 0 Å². The van der Waals surface area contributed by atoms with Crippen LogP contribution >= 0.6 is 0 Å². The summed E-state index contributed by atoms with van der Waals surface area (Å²) in [6.45, 7) is 14.2. The van der Waals surface area contributed by atoms with E-state index in [0.717, 1.165) is 61.3 Å². The van der Waals surface area contributed by atoms with E-state index in [9.17, 15) is 5.26 Å².